The lowest BCUT2D eigenvalue weighted by Crippen LogP contribution is -2.30. The molecule has 2 N–H and O–H groups in total. The number of benzene rings is 2. The van der Waals surface area contributed by atoms with Gasteiger partial charge >= 0.3 is 0 Å². The van der Waals surface area contributed by atoms with Gasteiger partial charge in [0, 0.05) is 17.3 Å². The number of anilines is 3. The highest BCUT2D eigenvalue weighted by Gasteiger charge is 2.23. The van der Waals surface area contributed by atoms with Crippen LogP contribution in [-0.4, -0.2) is 6.54 Å². The molecular formula is C16H17ClN2. The molecule has 1 atom stereocenters. The molecule has 0 aromatic heterocycles. The van der Waals surface area contributed by atoms with Crippen LogP contribution in [0.2, 0.25) is 5.02 Å². The zero-order chi connectivity index (χ0) is 13.4. The monoisotopic (exact) mass is 272 g/mol. The van der Waals surface area contributed by atoms with Crippen molar-refractivity contribution in [3.63, 3.8) is 0 Å². The van der Waals surface area contributed by atoms with Crippen LogP contribution >= 0.6 is 11.6 Å². The van der Waals surface area contributed by atoms with Crippen LogP contribution in [0.15, 0.2) is 42.5 Å². The number of hydrogen-bond donors (Lipinski definition) is 1. The normalized spacial score (nSPS) is 18.2. The lowest BCUT2D eigenvalue weighted by Gasteiger charge is -2.35. The van der Waals surface area contributed by atoms with E-state index in [2.05, 4.69) is 36.1 Å². The summed E-state index contributed by atoms with van der Waals surface area (Å²) < 4.78 is 0. The van der Waals surface area contributed by atoms with E-state index in [4.69, 9.17) is 17.3 Å². The second-order valence-electron chi connectivity index (χ2n) is 5.25. The molecule has 3 rings (SSSR count). The molecule has 0 fully saturated rings. The summed E-state index contributed by atoms with van der Waals surface area (Å²) in [5.74, 6) is 0.605. The summed E-state index contributed by atoms with van der Waals surface area (Å²) in [6.07, 6.45) is 1.12. The summed E-state index contributed by atoms with van der Waals surface area (Å²) >= 11 is 6.12. The van der Waals surface area contributed by atoms with Crippen molar-refractivity contribution in [1.29, 1.82) is 0 Å². The molecule has 2 aromatic carbocycles. The number of hydrogen-bond acceptors (Lipinski definition) is 2. The van der Waals surface area contributed by atoms with Gasteiger partial charge in [0.1, 0.15) is 0 Å². The van der Waals surface area contributed by atoms with Crippen LogP contribution in [0.25, 0.3) is 0 Å². The van der Waals surface area contributed by atoms with Gasteiger partial charge in [0.25, 0.3) is 0 Å². The van der Waals surface area contributed by atoms with E-state index in [0.717, 1.165) is 29.4 Å². The number of nitrogens with two attached hydrogens (primary N) is 1. The van der Waals surface area contributed by atoms with Crippen LogP contribution in [0.1, 0.15) is 12.5 Å². The maximum atomic E-state index is 6.12. The number of nitrogen functional groups attached to an aromatic ring is 1. The molecule has 1 aliphatic heterocycles. The molecule has 1 unspecified atom stereocenters. The Labute approximate surface area is 118 Å². The first-order chi connectivity index (χ1) is 9.15. The zero-order valence-corrected chi connectivity index (χ0v) is 11.7. The standard InChI is InChI=1S/C16H17ClN2/c1-11-8-12-4-2-3-5-15(12)19(10-11)16-9-13(17)6-7-14(16)18/h2-7,9,11H,8,10,18H2,1H3. The summed E-state index contributed by atoms with van der Waals surface area (Å²) in [6.45, 7) is 3.24. The lowest BCUT2D eigenvalue weighted by molar-refractivity contribution is 0.562. The van der Waals surface area contributed by atoms with Crippen molar-refractivity contribution >= 4 is 28.7 Å². The van der Waals surface area contributed by atoms with E-state index in [1.54, 1.807) is 0 Å². The van der Waals surface area contributed by atoms with Crippen molar-refractivity contribution in [2.45, 2.75) is 13.3 Å². The summed E-state index contributed by atoms with van der Waals surface area (Å²) in [6, 6.07) is 14.2. The van der Waals surface area contributed by atoms with Gasteiger partial charge in [-0.3, -0.25) is 0 Å². The second kappa shape index (κ2) is 4.78. The van der Waals surface area contributed by atoms with E-state index in [0.29, 0.717) is 5.92 Å². The van der Waals surface area contributed by atoms with E-state index in [9.17, 15) is 0 Å². The van der Waals surface area contributed by atoms with Gasteiger partial charge in [0.15, 0.2) is 0 Å². The molecule has 0 amide bonds. The fourth-order valence-corrected chi connectivity index (χ4v) is 2.94. The average Bonchev–Trinajstić information content (AvgIpc) is 2.40. The maximum absolute atomic E-state index is 6.12. The lowest BCUT2D eigenvalue weighted by atomic mass is 9.93. The number of para-hydroxylation sites is 1. The molecule has 1 heterocycles. The third kappa shape index (κ3) is 2.28. The Bertz CT molecular complexity index is 609. The molecule has 98 valence electrons. The van der Waals surface area contributed by atoms with Gasteiger partial charge in [-0.25, -0.2) is 0 Å². The Hall–Kier alpha value is -1.67. The average molecular weight is 273 g/mol. The molecule has 3 heteroatoms. The minimum Gasteiger partial charge on any atom is -0.397 e. The van der Waals surface area contributed by atoms with Gasteiger partial charge in [0.05, 0.1) is 11.4 Å². The molecule has 0 bridgehead atoms. The highest BCUT2D eigenvalue weighted by atomic mass is 35.5. The van der Waals surface area contributed by atoms with E-state index >= 15 is 0 Å². The molecular weight excluding hydrogens is 256 g/mol. The molecule has 2 nitrogen and oxygen atoms in total. The number of halogens is 1. The van der Waals surface area contributed by atoms with E-state index in [-0.39, 0.29) is 0 Å². The minimum absolute atomic E-state index is 0.605. The minimum atomic E-state index is 0.605. The van der Waals surface area contributed by atoms with Crippen molar-refractivity contribution in [1.82, 2.24) is 0 Å². The second-order valence-corrected chi connectivity index (χ2v) is 5.69. The van der Waals surface area contributed by atoms with Gasteiger partial charge in [-0.15, -0.1) is 0 Å². The van der Waals surface area contributed by atoms with Crippen LogP contribution in [-0.2, 0) is 6.42 Å². The van der Waals surface area contributed by atoms with Crippen molar-refractivity contribution in [2.75, 3.05) is 17.2 Å². The summed E-state index contributed by atoms with van der Waals surface area (Å²) in [5.41, 5.74) is 10.5. The summed E-state index contributed by atoms with van der Waals surface area (Å²) in [7, 11) is 0. The quantitative estimate of drug-likeness (QED) is 0.786. The summed E-state index contributed by atoms with van der Waals surface area (Å²) in [4.78, 5) is 2.28. The van der Waals surface area contributed by atoms with Gasteiger partial charge in [-0.05, 0) is 42.2 Å². The molecule has 2 aromatic rings. The van der Waals surface area contributed by atoms with Crippen LogP contribution in [0.5, 0.6) is 0 Å². The van der Waals surface area contributed by atoms with Crippen LogP contribution in [0.4, 0.5) is 17.1 Å². The van der Waals surface area contributed by atoms with Gasteiger partial charge in [-0.1, -0.05) is 36.7 Å². The van der Waals surface area contributed by atoms with E-state index in [1.807, 2.05) is 18.2 Å². The smallest absolute Gasteiger partial charge is 0.0659 e. The number of rotatable bonds is 1. The molecule has 0 aliphatic carbocycles. The largest absolute Gasteiger partial charge is 0.397 e. The first-order valence-corrected chi connectivity index (χ1v) is 6.93. The molecule has 0 saturated carbocycles. The fraction of sp³-hybridized carbons (Fsp3) is 0.250. The fourth-order valence-electron chi connectivity index (χ4n) is 2.78. The third-order valence-electron chi connectivity index (χ3n) is 3.63. The highest BCUT2D eigenvalue weighted by Crippen LogP contribution is 2.38. The topological polar surface area (TPSA) is 29.3 Å². The Morgan fingerprint density at radius 3 is 2.79 bits per heavy atom. The SMILES string of the molecule is CC1Cc2ccccc2N(c2cc(Cl)ccc2N)C1. The Morgan fingerprint density at radius 1 is 1.16 bits per heavy atom. The number of nitrogens with zero attached hydrogens (tertiary/aromatic N) is 1. The first-order valence-electron chi connectivity index (χ1n) is 6.55. The Morgan fingerprint density at radius 2 is 1.95 bits per heavy atom. The highest BCUT2D eigenvalue weighted by molar-refractivity contribution is 6.31. The van der Waals surface area contributed by atoms with Gasteiger partial charge < -0.3 is 10.6 Å². The molecule has 0 saturated heterocycles. The van der Waals surface area contributed by atoms with Crippen molar-refractivity contribution in [3.05, 3.63) is 53.1 Å². The van der Waals surface area contributed by atoms with Crippen molar-refractivity contribution in [2.24, 2.45) is 5.92 Å². The predicted octanol–water partition coefficient (Wildman–Crippen LogP) is 4.25. The van der Waals surface area contributed by atoms with Crippen molar-refractivity contribution < 1.29 is 0 Å². The van der Waals surface area contributed by atoms with Crippen LogP contribution < -0.4 is 10.6 Å². The predicted molar refractivity (Wildman–Crippen MR) is 82.2 cm³/mol. The van der Waals surface area contributed by atoms with Crippen LogP contribution in [0, 0.1) is 5.92 Å². The maximum Gasteiger partial charge on any atom is 0.0659 e. The van der Waals surface area contributed by atoms with Gasteiger partial charge in [0.2, 0.25) is 0 Å². The summed E-state index contributed by atoms with van der Waals surface area (Å²) in [5, 5.41) is 0.722. The zero-order valence-electron chi connectivity index (χ0n) is 10.9. The van der Waals surface area contributed by atoms with Crippen molar-refractivity contribution in [3.8, 4) is 0 Å². The van der Waals surface area contributed by atoms with Gasteiger partial charge in [-0.2, -0.15) is 0 Å². The molecule has 19 heavy (non-hydrogen) atoms. The first kappa shape index (κ1) is 12.4. The molecule has 1 aliphatic rings. The molecule has 0 spiro atoms. The van der Waals surface area contributed by atoms with E-state index < -0.39 is 0 Å². The Balaban J connectivity index is 2.12. The number of fused-ring (bicyclic) bond motifs is 1. The van der Waals surface area contributed by atoms with E-state index in [1.165, 1.54) is 11.3 Å². The third-order valence-corrected chi connectivity index (χ3v) is 3.86. The van der Waals surface area contributed by atoms with Crippen LogP contribution in [0.3, 0.4) is 0 Å². The molecule has 0 radical (unpaired) electrons. The Kier molecular flexibility index (Phi) is 3.11.